The Hall–Kier alpha value is -1.14. The van der Waals surface area contributed by atoms with E-state index in [9.17, 15) is 0 Å². The fraction of sp³-hybridized carbons (Fsp3) is 0.462. The molecule has 0 saturated carbocycles. The van der Waals surface area contributed by atoms with E-state index in [2.05, 4.69) is 39.5 Å². The monoisotopic (exact) mass is 294 g/mol. The van der Waals surface area contributed by atoms with Crippen LogP contribution in [-0.2, 0) is 0 Å². The summed E-state index contributed by atoms with van der Waals surface area (Å²) in [5.41, 5.74) is 2.15. The molecule has 0 fully saturated rings. The maximum atomic E-state index is 4.52. The predicted octanol–water partition coefficient (Wildman–Crippen LogP) is 3.83. The van der Waals surface area contributed by atoms with Crippen LogP contribution in [0.5, 0.6) is 0 Å². The quantitative estimate of drug-likeness (QED) is 0.849. The number of anilines is 1. The minimum Gasteiger partial charge on any atom is -0.370 e. The van der Waals surface area contributed by atoms with E-state index >= 15 is 0 Å². The van der Waals surface area contributed by atoms with Crippen LogP contribution in [0.3, 0.4) is 0 Å². The normalized spacial score (nSPS) is 10.7. The van der Waals surface area contributed by atoms with Gasteiger partial charge in [0.2, 0.25) is 0 Å². The second kappa shape index (κ2) is 6.34. The lowest BCUT2D eigenvalue weighted by molar-refractivity contribution is 0.908. The minimum absolute atomic E-state index is 0.792. The largest absolute Gasteiger partial charge is 0.370 e. The smallest absolute Gasteiger partial charge is 0.156 e. The molecule has 0 aromatic carbocycles. The molecule has 0 aliphatic carbocycles. The van der Waals surface area contributed by atoms with Crippen LogP contribution < -0.4 is 5.32 Å². The van der Waals surface area contributed by atoms with Crippen molar-refractivity contribution < 1.29 is 0 Å². The van der Waals surface area contributed by atoms with Crippen LogP contribution in [0.4, 0.5) is 5.82 Å². The van der Waals surface area contributed by atoms with Gasteiger partial charge in [-0.15, -0.1) is 11.3 Å². The Morgan fingerprint density at radius 1 is 1.21 bits per heavy atom. The fourth-order valence-electron chi connectivity index (χ4n) is 1.58. The lowest BCUT2D eigenvalue weighted by atomic mass is 10.3. The second-order valence-corrected chi connectivity index (χ2v) is 6.43. The second-order valence-electron chi connectivity index (χ2n) is 4.33. The van der Waals surface area contributed by atoms with E-state index in [1.54, 1.807) is 23.1 Å². The lowest BCUT2D eigenvalue weighted by Gasteiger charge is -2.11. The molecule has 0 radical (unpaired) electrons. The Balaban J connectivity index is 2.26. The molecule has 2 aromatic heterocycles. The van der Waals surface area contributed by atoms with Gasteiger partial charge in [0.25, 0.3) is 0 Å². The summed E-state index contributed by atoms with van der Waals surface area (Å²) in [5.74, 6) is 1.73. The van der Waals surface area contributed by atoms with Crippen molar-refractivity contribution in [3.63, 3.8) is 0 Å². The summed E-state index contributed by atoms with van der Waals surface area (Å²) in [5, 5.41) is 6.40. The molecule has 4 nitrogen and oxygen atoms in total. The van der Waals surface area contributed by atoms with Crippen LogP contribution in [0.1, 0.15) is 30.4 Å². The zero-order valence-corrected chi connectivity index (χ0v) is 13.3. The van der Waals surface area contributed by atoms with Gasteiger partial charge in [0.1, 0.15) is 16.7 Å². The number of nitrogens with zero attached hydrogens (tertiary/aromatic N) is 3. The summed E-state index contributed by atoms with van der Waals surface area (Å²) in [4.78, 5) is 13.5. The minimum atomic E-state index is 0.792. The molecular formula is C13H18N4S2. The van der Waals surface area contributed by atoms with Crippen LogP contribution >= 0.6 is 23.1 Å². The average molecular weight is 294 g/mol. The van der Waals surface area contributed by atoms with Crippen molar-refractivity contribution in [3.05, 3.63) is 22.5 Å². The number of nitrogens with one attached hydrogen (secondary N) is 1. The number of aromatic nitrogens is 3. The number of rotatable bonds is 5. The molecule has 0 aliphatic rings. The molecule has 2 rings (SSSR count). The Morgan fingerprint density at radius 3 is 2.63 bits per heavy atom. The van der Waals surface area contributed by atoms with Crippen LogP contribution in [0.15, 0.2) is 14.7 Å². The van der Waals surface area contributed by atoms with Gasteiger partial charge in [-0.25, -0.2) is 15.0 Å². The van der Waals surface area contributed by atoms with Crippen molar-refractivity contribution in [2.24, 2.45) is 0 Å². The van der Waals surface area contributed by atoms with Crippen molar-refractivity contribution in [3.8, 4) is 0 Å². The zero-order chi connectivity index (χ0) is 13.8. The van der Waals surface area contributed by atoms with Gasteiger partial charge >= 0.3 is 0 Å². The third-order valence-corrected chi connectivity index (χ3v) is 4.68. The molecule has 0 saturated heterocycles. The fourth-order valence-corrected chi connectivity index (χ4v) is 3.46. The van der Waals surface area contributed by atoms with Gasteiger partial charge in [-0.05, 0) is 39.0 Å². The van der Waals surface area contributed by atoms with Crippen molar-refractivity contribution >= 4 is 28.9 Å². The highest BCUT2D eigenvalue weighted by Gasteiger charge is 2.12. The molecule has 0 aliphatic heterocycles. The molecule has 6 heteroatoms. The van der Waals surface area contributed by atoms with Gasteiger partial charge in [-0.1, -0.05) is 6.92 Å². The highest BCUT2D eigenvalue weighted by atomic mass is 32.2. The van der Waals surface area contributed by atoms with Crippen LogP contribution in [0.25, 0.3) is 0 Å². The Bertz CT molecular complexity index is 566. The summed E-state index contributed by atoms with van der Waals surface area (Å²) in [6.07, 6.45) is 1.08. The standard InChI is InChI=1S/C13H18N4S2/c1-5-6-14-11-9(3)12(17-10(4)16-11)19-13-15-8(2)7-18-13/h7H,5-6H2,1-4H3,(H,14,16,17). The number of aryl methyl sites for hydroxylation is 2. The van der Waals surface area contributed by atoms with E-state index in [0.29, 0.717) is 0 Å². The highest BCUT2D eigenvalue weighted by molar-refractivity contribution is 8.01. The Kier molecular flexibility index (Phi) is 4.76. The predicted molar refractivity (Wildman–Crippen MR) is 81.3 cm³/mol. The molecule has 1 N–H and O–H groups in total. The van der Waals surface area contributed by atoms with Crippen LogP contribution in [0, 0.1) is 20.8 Å². The Labute approximate surface area is 122 Å². The van der Waals surface area contributed by atoms with Crippen molar-refractivity contribution in [1.82, 2.24) is 15.0 Å². The summed E-state index contributed by atoms with van der Waals surface area (Å²) in [7, 11) is 0. The molecule has 2 aromatic rings. The summed E-state index contributed by atoms with van der Waals surface area (Å²) in [6, 6.07) is 0. The molecule has 102 valence electrons. The molecule has 0 spiro atoms. The van der Waals surface area contributed by atoms with Crippen molar-refractivity contribution in [2.75, 3.05) is 11.9 Å². The average Bonchev–Trinajstić information content (AvgIpc) is 2.77. The topological polar surface area (TPSA) is 50.7 Å². The zero-order valence-electron chi connectivity index (χ0n) is 11.6. The van der Waals surface area contributed by atoms with Crippen LogP contribution in [0.2, 0.25) is 0 Å². The van der Waals surface area contributed by atoms with Gasteiger partial charge in [-0.3, -0.25) is 0 Å². The van der Waals surface area contributed by atoms with Gasteiger partial charge in [0.15, 0.2) is 4.34 Å². The molecule has 0 amide bonds. The molecule has 0 atom stereocenters. The summed E-state index contributed by atoms with van der Waals surface area (Å²) in [6.45, 7) is 9.06. The Morgan fingerprint density at radius 2 is 2.00 bits per heavy atom. The molecule has 0 bridgehead atoms. The highest BCUT2D eigenvalue weighted by Crippen LogP contribution is 2.33. The van der Waals surface area contributed by atoms with Gasteiger partial charge < -0.3 is 5.32 Å². The summed E-state index contributed by atoms with van der Waals surface area (Å²) < 4.78 is 1.03. The van der Waals surface area contributed by atoms with E-state index in [1.807, 2.05) is 13.8 Å². The number of thiazole rings is 1. The first-order valence-electron chi connectivity index (χ1n) is 6.29. The van der Waals surface area contributed by atoms with E-state index < -0.39 is 0 Å². The van der Waals surface area contributed by atoms with Gasteiger partial charge in [-0.2, -0.15) is 0 Å². The van der Waals surface area contributed by atoms with E-state index in [1.165, 1.54) is 0 Å². The maximum Gasteiger partial charge on any atom is 0.156 e. The summed E-state index contributed by atoms with van der Waals surface area (Å²) >= 11 is 3.27. The van der Waals surface area contributed by atoms with Gasteiger partial charge in [0.05, 0.1) is 0 Å². The first-order chi connectivity index (χ1) is 9.10. The number of hydrogen-bond donors (Lipinski definition) is 1. The molecule has 2 heterocycles. The van der Waals surface area contributed by atoms with E-state index in [4.69, 9.17) is 0 Å². The first kappa shape index (κ1) is 14.3. The van der Waals surface area contributed by atoms with E-state index in [-0.39, 0.29) is 0 Å². The molecular weight excluding hydrogens is 276 g/mol. The van der Waals surface area contributed by atoms with E-state index in [0.717, 1.165) is 45.2 Å². The lowest BCUT2D eigenvalue weighted by Crippen LogP contribution is -2.07. The third kappa shape index (κ3) is 3.67. The van der Waals surface area contributed by atoms with Crippen LogP contribution in [-0.4, -0.2) is 21.5 Å². The maximum absolute atomic E-state index is 4.52. The van der Waals surface area contributed by atoms with Gasteiger partial charge in [0, 0.05) is 23.2 Å². The van der Waals surface area contributed by atoms with Crippen molar-refractivity contribution in [1.29, 1.82) is 0 Å². The SMILES string of the molecule is CCCNc1nc(C)nc(Sc2nc(C)cs2)c1C. The number of hydrogen-bond acceptors (Lipinski definition) is 6. The molecule has 19 heavy (non-hydrogen) atoms. The van der Waals surface area contributed by atoms with Crippen molar-refractivity contribution in [2.45, 2.75) is 43.5 Å². The molecule has 0 unspecified atom stereocenters. The first-order valence-corrected chi connectivity index (χ1v) is 7.99. The third-order valence-electron chi connectivity index (χ3n) is 2.54.